The molecular weight excluding hydrogens is 171 g/mol. The molecule has 0 aliphatic carbocycles. The van der Waals surface area contributed by atoms with Gasteiger partial charge in [-0.25, -0.2) is 4.39 Å². The molecule has 2 nitrogen and oxygen atoms in total. The Morgan fingerprint density at radius 2 is 2.15 bits per heavy atom. The highest BCUT2D eigenvalue weighted by molar-refractivity contribution is 5.34. The van der Waals surface area contributed by atoms with E-state index in [0.717, 1.165) is 0 Å². The van der Waals surface area contributed by atoms with Gasteiger partial charge in [-0.3, -0.25) is 0 Å². The maximum Gasteiger partial charge on any atom is 0.126 e. The Hall–Kier alpha value is -1.09. The van der Waals surface area contributed by atoms with E-state index in [9.17, 15) is 4.39 Å². The van der Waals surface area contributed by atoms with E-state index in [1.165, 1.54) is 6.92 Å². The first-order valence-corrected chi connectivity index (χ1v) is 4.22. The third-order valence-corrected chi connectivity index (χ3v) is 1.70. The average molecular weight is 184 g/mol. The largest absolute Gasteiger partial charge is 0.491 e. The number of alkyl halides is 1. The predicted molar refractivity (Wildman–Crippen MR) is 48.5 cm³/mol. The molecule has 0 bridgehead atoms. The van der Waals surface area contributed by atoms with Crippen LogP contribution in [0.4, 0.5) is 4.39 Å². The Kier molecular flexibility index (Phi) is 3.71. The van der Waals surface area contributed by atoms with E-state index in [4.69, 9.17) is 9.84 Å². The summed E-state index contributed by atoms with van der Waals surface area (Å²) in [6, 6.07) is 6.91. The first-order valence-electron chi connectivity index (χ1n) is 4.22. The second-order valence-corrected chi connectivity index (χ2v) is 2.73. The highest BCUT2D eigenvalue weighted by atomic mass is 19.1. The van der Waals surface area contributed by atoms with Crippen LogP contribution < -0.4 is 4.74 Å². The molecule has 1 aromatic carbocycles. The lowest BCUT2D eigenvalue weighted by atomic mass is 10.1. The Bertz CT molecular complexity index is 261. The lowest BCUT2D eigenvalue weighted by Crippen LogP contribution is -2.04. The fourth-order valence-electron chi connectivity index (χ4n) is 1.10. The summed E-state index contributed by atoms with van der Waals surface area (Å²) in [6.07, 6.45) is -1.05. The van der Waals surface area contributed by atoms with E-state index in [0.29, 0.717) is 11.3 Å². The fourth-order valence-corrected chi connectivity index (χ4v) is 1.10. The third-order valence-electron chi connectivity index (χ3n) is 1.70. The highest BCUT2D eigenvalue weighted by Crippen LogP contribution is 2.26. The predicted octanol–water partition coefficient (Wildman–Crippen LogP) is 2.09. The molecule has 0 heterocycles. The van der Waals surface area contributed by atoms with Crippen LogP contribution in [0.3, 0.4) is 0 Å². The number of hydrogen-bond donors (Lipinski definition) is 1. The molecule has 0 aliphatic heterocycles. The van der Waals surface area contributed by atoms with Crippen LogP contribution in [0.5, 0.6) is 5.75 Å². The Morgan fingerprint density at radius 1 is 1.46 bits per heavy atom. The van der Waals surface area contributed by atoms with Crippen LogP contribution in [0, 0.1) is 0 Å². The van der Waals surface area contributed by atoms with Gasteiger partial charge in [0.1, 0.15) is 18.5 Å². The molecule has 3 heteroatoms. The van der Waals surface area contributed by atoms with Crippen molar-refractivity contribution in [1.82, 2.24) is 0 Å². The summed E-state index contributed by atoms with van der Waals surface area (Å²) in [4.78, 5) is 0. The summed E-state index contributed by atoms with van der Waals surface area (Å²) >= 11 is 0. The van der Waals surface area contributed by atoms with E-state index < -0.39 is 6.17 Å². The zero-order chi connectivity index (χ0) is 9.68. The molecule has 0 aromatic heterocycles. The van der Waals surface area contributed by atoms with Crippen molar-refractivity contribution in [2.24, 2.45) is 0 Å². The van der Waals surface area contributed by atoms with Gasteiger partial charge in [0.15, 0.2) is 0 Å². The number of aliphatic hydroxyl groups excluding tert-OH is 1. The molecule has 13 heavy (non-hydrogen) atoms. The summed E-state index contributed by atoms with van der Waals surface area (Å²) in [6.45, 7) is 1.60. The zero-order valence-electron chi connectivity index (χ0n) is 7.53. The molecule has 0 saturated heterocycles. The molecule has 0 saturated carbocycles. The van der Waals surface area contributed by atoms with Gasteiger partial charge in [0.25, 0.3) is 0 Å². The molecule has 1 N–H and O–H groups in total. The van der Waals surface area contributed by atoms with Gasteiger partial charge in [0, 0.05) is 5.56 Å². The molecule has 72 valence electrons. The number of rotatable bonds is 4. The number of aliphatic hydroxyl groups is 1. The van der Waals surface area contributed by atoms with Crippen molar-refractivity contribution in [3.63, 3.8) is 0 Å². The summed E-state index contributed by atoms with van der Waals surface area (Å²) < 4.78 is 18.1. The maximum absolute atomic E-state index is 13.0. The van der Waals surface area contributed by atoms with Crippen molar-refractivity contribution < 1.29 is 14.2 Å². The summed E-state index contributed by atoms with van der Waals surface area (Å²) in [5, 5.41) is 8.54. The smallest absolute Gasteiger partial charge is 0.126 e. The minimum absolute atomic E-state index is 0.0605. The number of para-hydroxylation sites is 1. The van der Waals surface area contributed by atoms with Crippen molar-refractivity contribution in [1.29, 1.82) is 0 Å². The summed E-state index contributed by atoms with van der Waals surface area (Å²) in [5.41, 5.74) is 0.524. The molecule has 1 unspecified atom stereocenters. The minimum atomic E-state index is -1.05. The molecule has 0 spiro atoms. The van der Waals surface area contributed by atoms with Crippen molar-refractivity contribution in [2.75, 3.05) is 13.2 Å². The summed E-state index contributed by atoms with van der Waals surface area (Å²) in [5.74, 6) is 0.506. The number of ether oxygens (including phenoxy) is 1. The van der Waals surface area contributed by atoms with Crippen molar-refractivity contribution >= 4 is 0 Å². The quantitative estimate of drug-likeness (QED) is 0.776. The highest BCUT2D eigenvalue weighted by Gasteiger charge is 2.08. The molecule has 0 radical (unpaired) electrons. The number of halogens is 1. The first kappa shape index (κ1) is 9.99. The van der Waals surface area contributed by atoms with Crippen LogP contribution >= 0.6 is 0 Å². The molecule has 0 fully saturated rings. The Morgan fingerprint density at radius 3 is 2.77 bits per heavy atom. The van der Waals surface area contributed by atoms with Gasteiger partial charge < -0.3 is 9.84 Å². The normalized spacial score (nSPS) is 12.5. The standard InChI is InChI=1S/C10H13FO2/c1-8(11)9-4-2-3-5-10(9)13-7-6-12/h2-5,8,12H,6-7H2,1H3. The van der Waals surface area contributed by atoms with Crippen LogP contribution in [0.1, 0.15) is 18.7 Å². The van der Waals surface area contributed by atoms with Gasteiger partial charge in [-0.1, -0.05) is 18.2 Å². The topological polar surface area (TPSA) is 29.5 Å². The van der Waals surface area contributed by atoms with Gasteiger partial charge in [0.2, 0.25) is 0 Å². The van der Waals surface area contributed by atoms with E-state index in [1.807, 2.05) is 0 Å². The van der Waals surface area contributed by atoms with Crippen LogP contribution in [-0.4, -0.2) is 18.3 Å². The third kappa shape index (κ3) is 2.70. The van der Waals surface area contributed by atoms with Crippen LogP contribution in [0.2, 0.25) is 0 Å². The van der Waals surface area contributed by atoms with E-state index >= 15 is 0 Å². The molecule has 0 aliphatic rings. The second-order valence-electron chi connectivity index (χ2n) is 2.73. The lowest BCUT2D eigenvalue weighted by molar-refractivity contribution is 0.197. The van der Waals surface area contributed by atoms with Crippen molar-refractivity contribution in [3.8, 4) is 5.75 Å². The minimum Gasteiger partial charge on any atom is -0.491 e. The molecular formula is C10H13FO2. The van der Waals surface area contributed by atoms with Crippen molar-refractivity contribution in [2.45, 2.75) is 13.1 Å². The van der Waals surface area contributed by atoms with Gasteiger partial charge >= 0.3 is 0 Å². The van der Waals surface area contributed by atoms with Crippen molar-refractivity contribution in [3.05, 3.63) is 29.8 Å². The van der Waals surface area contributed by atoms with Gasteiger partial charge in [-0.15, -0.1) is 0 Å². The van der Waals surface area contributed by atoms with Crippen LogP contribution in [0.25, 0.3) is 0 Å². The number of benzene rings is 1. The SMILES string of the molecule is CC(F)c1ccccc1OCCO. The van der Waals surface area contributed by atoms with Crippen LogP contribution in [0.15, 0.2) is 24.3 Å². The average Bonchev–Trinajstić information content (AvgIpc) is 2.15. The molecule has 1 rings (SSSR count). The van der Waals surface area contributed by atoms with Gasteiger partial charge in [-0.05, 0) is 13.0 Å². The monoisotopic (exact) mass is 184 g/mol. The van der Waals surface area contributed by atoms with E-state index in [-0.39, 0.29) is 13.2 Å². The lowest BCUT2D eigenvalue weighted by Gasteiger charge is -2.10. The van der Waals surface area contributed by atoms with Gasteiger partial charge in [-0.2, -0.15) is 0 Å². The molecule has 1 atom stereocenters. The van der Waals surface area contributed by atoms with E-state index in [2.05, 4.69) is 0 Å². The number of hydrogen-bond acceptors (Lipinski definition) is 2. The molecule has 1 aromatic rings. The van der Waals surface area contributed by atoms with Crippen LogP contribution in [-0.2, 0) is 0 Å². The first-order chi connectivity index (χ1) is 6.25. The van der Waals surface area contributed by atoms with E-state index in [1.54, 1.807) is 24.3 Å². The Labute approximate surface area is 77.0 Å². The summed E-state index contributed by atoms with van der Waals surface area (Å²) in [7, 11) is 0. The Balaban J connectivity index is 2.78. The zero-order valence-corrected chi connectivity index (χ0v) is 7.53. The molecule has 0 amide bonds. The second kappa shape index (κ2) is 4.82. The fraction of sp³-hybridized carbons (Fsp3) is 0.400. The maximum atomic E-state index is 13.0. The van der Waals surface area contributed by atoms with Gasteiger partial charge in [0.05, 0.1) is 6.61 Å².